The van der Waals surface area contributed by atoms with E-state index in [1.165, 1.54) is 0 Å². The number of carbonyl (C=O) groups is 1. The van der Waals surface area contributed by atoms with Gasteiger partial charge in [0, 0.05) is 0 Å². The molecule has 4 nitrogen and oxygen atoms in total. The number of hydrogen-bond donors (Lipinski definition) is 2. The van der Waals surface area contributed by atoms with Gasteiger partial charge in [-0.2, -0.15) is 0 Å². The summed E-state index contributed by atoms with van der Waals surface area (Å²) in [5, 5.41) is 16.0. The molecule has 0 spiro atoms. The summed E-state index contributed by atoms with van der Waals surface area (Å²) in [7, 11) is 0. The lowest BCUT2D eigenvalue weighted by molar-refractivity contribution is -0.166. The van der Waals surface area contributed by atoms with E-state index in [-0.39, 0.29) is 0 Å². The monoisotopic (exact) mass is 118 g/mol. The molecule has 0 amide bonds. The van der Waals surface area contributed by atoms with Crippen LogP contribution in [0.3, 0.4) is 0 Å². The molecule has 0 radical (unpaired) electrons. The number of carbonyl (C=O) groups excluding carboxylic acids is 1. The molecule has 0 aliphatic carbocycles. The van der Waals surface area contributed by atoms with Gasteiger partial charge in [-0.1, -0.05) is 6.58 Å². The van der Waals surface area contributed by atoms with Gasteiger partial charge in [0.05, 0.1) is 6.26 Å². The fourth-order valence-corrected chi connectivity index (χ4v) is 0.143. The minimum Gasteiger partial charge on any atom is -0.431 e. The maximum atomic E-state index is 9.95. The molecule has 0 bridgehead atoms. The van der Waals surface area contributed by atoms with Crippen LogP contribution in [0.4, 0.5) is 0 Å². The molecule has 0 atom stereocenters. The lowest BCUT2D eigenvalue weighted by Gasteiger charge is -1.97. The fourth-order valence-electron chi connectivity index (χ4n) is 0.143. The molecule has 0 fully saturated rings. The molecule has 0 aliphatic rings. The number of aliphatic hydroxyl groups is 2. The fraction of sp³-hybridized carbons (Fsp3) is 0.250. The SMILES string of the molecule is C=COC(=O)C(O)O. The van der Waals surface area contributed by atoms with Crippen LogP contribution in [0.2, 0.25) is 0 Å². The van der Waals surface area contributed by atoms with E-state index in [1.54, 1.807) is 0 Å². The second kappa shape index (κ2) is 3.17. The van der Waals surface area contributed by atoms with Crippen LogP contribution in [0.1, 0.15) is 0 Å². The van der Waals surface area contributed by atoms with E-state index in [1.807, 2.05) is 0 Å². The molecular weight excluding hydrogens is 112 g/mol. The standard InChI is InChI=1S/C4H6O4/c1-2-8-4(7)3(5)6/h2-3,5-6H,1H2. The minimum absolute atomic E-state index is 0.821. The van der Waals surface area contributed by atoms with Gasteiger partial charge in [0.2, 0.25) is 0 Å². The Morgan fingerprint density at radius 1 is 1.75 bits per heavy atom. The van der Waals surface area contributed by atoms with Crippen LogP contribution in [0, 0.1) is 0 Å². The van der Waals surface area contributed by atoms with Crippen molar-refractivity contribution in [2.24, 2.45) is 0 Å². The molecule has 0 unspecified atom stereocenters. The number of hydrogen-bond acceptors (Lipinski definition) is 4. The van der Waals surface area contributed by atoms with Gasteiger partial charge in [-0.05, 0) is 0 Å². The minimum atomic E-state index is -2.06. The quantitative estimate of drug-likeness (QED) is 0.277. The highest BCUT2D eigenvalue weighted by Gasteiger charge is 2.09. The Morgan fingerprint density at radius 3 is 2.38 bits per heavy atom. The summed E-state index contributed by atoms with van der Waals surface area (Å²) in [5.74, 6) is -1.12. The van der Waals surface area contributed by atoms with Gasteiger partial charge < -0.3 is 14.9 Å². The summed E-state index contributed by atoms with van der Waals surface area (Å²) >= 11 is 0. The van der Waals surface area contributed by atoms with E-state index < -0.39 is 12.3 Å². The van der Waals surface area contributed by atoms with Crippen molar-refractivity contribution in [3.63, 3.8) is 0 Å². The summed E-state index contributed by atoms with van der Waals surface area (Å²) in [6, 6.07) is 0. The lowest BCUT2D eigenvalue weighted by atomic mass is 10.7. The van der Waals surface area contributed by atoms with Crippen LogP contribution in [0.25, 0.3) is 0 Å². The highest BCUT2D eigenvalue weighted by atomic mass is 16.6. The summed E-state index contributed by atoms with van der Waals surface area (Å²) < 4.78 is 3.93. The molecule has 0 rings (SSSR count). The van der Waals surface area contributed by atoms with Crippen LogP contribution in [0.15, 0.2) is 12.8 Å². The van der Waals surface area contributed by atoms with Crippen molar-refractivity contribution in [3.8, 4) is 0 Å². The Morgan fingerprint density at radius 2 is 2.25 bits per heavy atom. The second-order valence-electron chi connectivity index (χ2n) is 0.977. The average Bonchev–Trinajstić information content (AvgIpc) is 1.67. The van der Waals surface area contributed by atoms with E-state index >= 15 is 0 Å². The van der Waals surface area contributed by atoms with E-state index in [0.717, 1.165) is 6.26 Å². The molecule has 0 saturated heterocycles. The van der Waals surface area contributed by atoms with E-state index in [9.17, 15) is 4.79 Å². The first-order chi connectivity index (χ1) is 3.68. The van der Waals surface area contributed by atoms with Crippen molar-refractivity contribution in [1.82, 2.24) is 0 Å². The summed E-state index contributed by atoms with van der Waals surface area (Å²) in [5.41, 5.74) is 0. The number of esters is 1. The summed E-state index contributed by atoms with van der Waals surface area (Å²) in [6.45, 7) is 3.02. The van der Waals surface area contributed by atoms with Gasteiger partial charge >= 0.3 is 5.97 Å². The Balaban J connectivity index is 3.48. The molecule has 2 N–H and O–H groups in total. The van der Waals surface area contributed by atoms with Gasteiger partial charge in [-0.3, -0.25) is 0 Å². The largest absolute Gasteiger partial charge is 0.431 e. The molecule has 0 heterocycles. The third-order valence-corrected chi connectivity index (χ3v) is 0.410. The van der Waals surface area contributed by atoms with Crippen LogP contribution < -0.4 is 0 Å². The number of rotatable bonds is 2. The summed E-state index contributed by atoms with van der Waals surface area (Å²) in [4.78, 5) is 9.95. The van der Waals surface area contributed by atoms with Crippen LogP contribution in [0.5, 0.6) is 0 Å². The Bertz CT molecular complexity index is 96.2. The molecule has 46 valence electrons. The molecule has 0 aromatic rings. The highest BCUT2D eigenvalue weighted by Crippen LogP contribution is 1.81. The molecule has 8 heavy (non-hydrogen) atoms. The van der Waals surface area contributed by atoms with Gasteiger partial charge in [0.15, 0.2) is 0 Å². The first-order valence-electron chi connectivity index (χ1n) is 1.86. The third-order valence-electron chi connectivity index (χ3n) is 0.410. The van der Waals surface area contributed by atoms with Gasteiger partial charge in [-0.15, -0.1) is 0 Å². The van der Waals surface area contributed by atoms with Crippen molar-refractivity contribution in [2.75, 3.05) is 0 Å². The molecule has 0 aromatic heterocycles. The van der Waals surface area contributed by atoms with Gasteiger partial charge in [0.25, 0.3) is 6.29 Å². The highest BCUT2D eigenvalue weighted by molar-refractivity contribution is 5.72. The first kappa shape index (κ1) is 7.13. The average molecular weight is 118 g/mol. The number of ether oxygens (including phenoxy) is 1. The summed E-state index contributed by atoms with van der Waals surface area (Å²) in [6.07, 6.45) is -1.24. The maximum absolute atomic E-state index is 9.95. The Kier molecular flexibility index (Phi) is 2.83. The van der Waals surface area contributed by atoms with E-state index in [0.29, 0.717) is 0 Å². The van der Waals surface area contributed by atoms with Crippen LogP contribution in [-0.4, -0.2) is 22.5 Å². The smallest absolute Gasteiger partial charge is 0.367 e. The van der Waals surface area contributed by atoms with Crippen molar-refractivity contribution in [3.05, 3.63) is 12.8 Å². The van der Waals surface area contributed by atoms with Crippen molar-refractivity contribution in [2.45, 2.75) is 6.29 Å². The lowest BCUT2D eigenvalue weighted by Crippen LogP contribution is -2.19. The molecule has 0 saturated carbocycles. The van der Waals surface area contributed by atoms with Crippen molar-refractivity contribution < 1.29 is 19.7 Å². The first-order valence-corrected chi connectivity index (χ1v) is 1.86. The van der Waals surface area contributed by atoms with Crippen molar-refractivity contribution in [1.29, 1.82) is 0 Å². The molecular formula is C4H6O4. The van der Waals surface area contributed by atoms with E-state index in [4.69, 9.17) is 10.2 Å². The second-order valence-corrected chi connectivity index (χ2v) is 0.977. The zero-order valence-electron chi connectivity index (χ0n) is 4.07. The topological polar surface area (TPSA) is 66.8 Å². The predicted molar refractivity (Wildman–Crippen MR) is 24.5 cm³/mol. The normalized spacial score (nSPS) is 8.88. The van der Waals surface area contributed by atoms with Crippen LogP contribution >= 0.6 is 0 Å². The molecule has 0 aromatic carbocycles. The van der Waals surface area contributed by atoms with Gasteiger partial charge in [0.1, 0.15) is 0 Å². The van der Waals surface area contributed by atoms with Gasteiger partial charge in [-0.25, -0.2) is 4.79 Å². The Hall–Kier alpha value is -0.870. The number of aliphatic hydroxyl groups excluding tert-OH is 1. The zero-order chi connectivity index (χ0) is 6.57. The van der Waals surface area contributed by atoms with Crippen LogP contribution in [-0.2, 0) is 9.53 Å². The van der Waals surface area contributed by atoms with E-state index in [2.05, 4.69) is 11.3 Å². The molecule has 0 aliphatic heterocycles. The van der Waals surface area contributed by atoms with Crippen molar-refractivity contribution >= 4 is 5.97 Å². The zero-order valence-corrected chi connectivity index (χ0v) is 4.07. The Labute approximate surface area is 46.0 Å². The third kappa shape index (κ3) is 2.33. The maximum Gasteiger partial charge on any atom is 0.367 e. The molecule has 4 heteroatoms. The predicted octanol–water partition coefficient (Wildman–Crippen LogP) is -1.02.